The molecule has 1 unspecified atom stereocenters. The van der Waals surface area contributed by atoms with Gasteiger partial charge < -0.3 is 15.0 Å². The number of para-hydroxylation sites is 1. The summed E-state index contributed by atoms with van der Waals surface area (Å²) < 4.78 is 60.3. The molecule has 0 saturated heterocycles. The van der Waals surface area contributed by atoms with E-state index < -0.39 is 34.6 Å². The molecule has 5 aromatic rings. The van der Waals surface area contributed by atoms with E-state index in [-0.39, 0.29) is 18.5 Å². The van der Waals surface area contributed by atoms with Gasteiger partial charge in [0.1, 0.15) is 18.9 Å². The van der Waals surface area contributed by atoms with Crippen LogP contribution in [0.5, 0.6) is 0 Å². The highest BCUT2D eigenvalue weighted by atomic mass is 19.4. The smallest absolute Gasteiger partial charge is 0.372 e. The first-order chi connectivity index (χ1) is 18.1. The Morgan fingerprint density at radius 1 is 1.05 bits per heavy atom. The van der Waals surface area contributed by atoms with E-state index in [1.54, 1.807) is 24.3 Å². The molecule has 2 aromatic heterocycles. The van der Waals surface area contributed by atoms with Crippen LogP contribution in [-0.4, -0.2) is 38.1 Å². The molecule has 0 aliphatic carbocycles. The molecule has 0 radical (unpaired) electrons. The summed E-state index contributed by atoms with van der Waals surface area (Å²) in [5.74, 6) is -1.01. The average molecular weight is 521 g/mol. The minimum absolute atomic E-state index is 0.113. The van der Waals surface area contributed by atoms with Crippen LogP contribution in [0, 0.1) is 17.1 Å². The van der Waals surface area contributed by atoms with Gasteiger partial charge in [0, 0.05) is 28.0 Å². The number of fused-ring (bicyclic) bond motifs is 2. The highest BCUT2D eigenvalue weighted by Crippen LogP contribution is 2.47. The number of amides is 1. The molecule has 1 amide bonds. The van der Waals surface area contributed by atoms with Gasteiger partial charge in [-0.25, -0.2) is 9.07 Å². The predicted octanol–water partition coefficient (Wildman–Crippen LogP) is 4.56. The Morgan fingerprint density at radius 2 is 1.79 bits per heavy atom. The molecule has 0 aliphatic rings. The molecule has 1 atom stereocenters. The third-order valence-corrected chi connectivity index (χ3v) is 6.32. The number of benzene rings is 3. The normalized spacial score (nSPS) is 13.4. The topological polar surface area (TPSA) is 95.9 Å². The van der Waals surface area contributed by atoms with Crippen LogP contribution in [-0.2, 0) is 16.9 Å². The van der Waals surface area contributed by atoms with Gasteiger partial charge in [0.15, 0.2) is 0 Å². The van der Waals surface area contributed by atoms with Gasteiger partial charge in [0.25, 0.3) is 0 Å². The van der Waals surface area contributed by atoms with E-state index in [4.69, 9.17) is 5.26 Å². The highest BCUT2D eigenvalue weighted by molar-refractivity contribution is 5.88. The highest BCUT2D eigenvalue weighted by Gasteiger charge is 2.57. The molecule has 0 spiro atoms. The largest absolute Gasteiger partial charge is 0.425 e. The molecule has 0 fully saturated rings. The molecular formula is C27H19F4N5O2. The zero-order chi connectivity index (χ0) is 27.1. The minimum atomic E-state index is -5.13. The van der Waals surface area contributed by atoms with Crippen LogP contribution >= 0.6 is 0 Å². The van der Waals surface area contributed by atoms with Gasteiger partial charge in [-0.15, -0.1) is 0 Å². The van der Waals surface area contributed by atoms with Crippen molar-refractivity contribution in [2.75, 3.05) is 6.54 Å². The number of hydrogen-bond donors (Lipinski definition) is 2. The first-order valence-corrected chi connectivity index (χ1v) is 11.4. The fraction of sp³-hybridized carbons (Fsp3) is 0.148. The maximum atomic E-state index is 14.7. The molecule has 0 saturated carbocycles. The Balaban J connectivity index is 1.64. The van der Waals surface area contributed by atoms with Gasteiger partial charge in [-0.3, -0.25) is 4.79 Å². The number of aromatic nitrogens is 3. The number of nitriles is 1. The van der Waals surface area contributed by atoms with Gasteiger partial charge in [-0.05, 0) is 48.0 Å². The molecule has 2 heterocycles. The van der Waals surface area contributed by atoms with Crippen molar-refractivity contribution in [1.29, 1.82) is 5.26 Å². The Labute approximate surface area is 213 Å². The molecule has 3 aromatic carbocycles. The van der Waals surface area contributed by atoms with Crippen molar-refractivity contribution in [3.8, 4) is 11.8 Å². The molecule has 11 heteroatoms. The third-order valence-electron chi connectivity index (χ3n) is 6.32. The lowest BCUT2D eigenvalue weighted by atomic mass is 9.85. The molecule has 7 nitrogen and oxygen atoms in total. The summed E-state index contributed by atoms with van der Waals surface area (Å²) in [6, 6.07) is 17.2. The van der Waals surface area contributed by atoms with Crippen LogP contribution in [0.4, 0.5) is 17.6 Å². The van der Waals surface area contributed by atoms with Crippen LogP contribution in [0.1, 0.15) is 11.1 Å². The van der Waals surface area contributed by atoms with E-state index in [2.05, 4.69) is 10.4 Å². The number of hydrogen-bond acceptors (Lipinski definition) is 4. The Morgan fingerprint density at radius 3 is 2.50 bits per heavy atom. The van der Waals surface area contributed by atoms with E-state index in [1.807, 2.05) is 0 Å². The summed E-state index contributed by atoms with van der Waals surface area (Å²) in [5, 5.41) is 27.1. The summed E-state index contributed by atoms with van der Waals surface area (Å²) in [6.45, 7) is -0.595. The number of carbonyl (C=O) groups is 1. The standard InChI is InChI=1S/C27H19F4N5O2/c28-19-6-8-20(9-7-19)36-23-10-5-18(13-17(23)14-34-36)26(38,27(29,30)31)22-15-35(16-25(37)33-12-11-32)24-4-2-1-3-21(22)24/h1-10,13-15,38H,12,16H2,(H,33,37). The number of nitrogens with one attached hydrogen (secondary N) is 1. The van der Waals surface area contributed by atoms with Gasteiger partial charge in [-0.2, -0.15) is 23.5 Å². The quantitative estimate of drug-likeness (QED) is 0.253. The van der Waals surface area contributed by atoms with Crippen LogP contribution in [0.2, 0.25) is 0 Å². The second-order valence-corrected chi connectivity index (χ2v) is 8.64. The van der Waals surface area contributed by atoms with Gasteiger partial charge in [0.2, 0.25) is 11.5 Å². The van der Waals surface area contributed by atoms with Gasteiger partial charge >= 0.3 is 6.18 Å². The summed E-state index contributed by atoms with van der Waals surface area (Å²) in [4.78, 5) is 12.2. The maximum absolute atomic E-state index is 14.7. The summed E-state index contributed by atoms with van der Waals surface area (Å²) in [7, 11) is 0. The van der Waals surface area contributed by atoms with E-state index in [1.165, 1.54) is 64.0 Å². The fourth-order valence-electron chi connectivity index (χ4n) is 4.53. The van der Waals surface area contributed by atoms with Crippen molar-refractivity contribution in [3.05, 3.63) is 96.1 Å². The van der Waals surface area contributed by atoms with Crippen LogP contribution in [0.15, 0.2) is 79.1 Å². The molecular weight excluding hydrogens is 502 g/mol. The molecule has 5 rings (SSSR count). The lowest BCUT2D eigenvalue weighted by Crippen LogP contribution is -2.43. The summed E-state index contributed by atoms with van der Waals surface area (Å²) >= 11 is 0. The fourth-order valence-corrected chi connectivity index (χ4v) is 4.53. The molecule has 38 heavy (non-hydrogen) atoms. The number of rotatable bonds is 6. The van der Waals surface area contributed by atoms with Crippen molar-refractivity contribution in [2.24, 2.45) is 0 Å². The van der Waals surface area contributed by atoms with Gasteiger partial charge in [-0.1, -0.05) is 24.3 Å². The predicted molar refractivity (Wildman–Crippen MR) is 131 cm³/mol. The van der Waals surface area contributed by atoms with E-state index in [0.717, 1.165) is 6.20 Å². The zero-order valence-corrected chi connectivity index (χ0v) is 19.6. The molecule has 0 bridgehead atoms. The molecule has 2 N–H and O–H groups in total. The zero-order valence-electron chi connectivity index (χ0n) is 19.6. The second-order valence-electron chi connectivity index (χ2n) is 8.64. The van der Waals surface area contributed by atoms with Crippen molar-refractivity contribution in [3.63, 3.8) is 0 Å². The van der Waals surface area contributed by atoms with Crippen LogP contribution < -0.4 is 5.32 Å². The number of carbonyl (C=O) groups excluding carboxylic acids is 1. The van der Waals surface area contributed by atoms with Crippen LogP contribution in [0.25, 0.3) is 27.5 Å². The van der Waals surface area contributed by atoms with Gasteiger partial charge in [0.05, 0.1) is 23.5 Å². The molecule has 192 valence electrons. The van der Waals surface area contributed by atoms with Crippen molar-refractivity contribution in [2.45, 2.75) is 18.3 Å². The number of nitrogens with zero attached hydrogens (tertiary/aromatic N) is 4. The Kier molecular flexibility index (Phi) is 6.12. The SMILES string of the molecule is N#CCNC(=O)Cn1cc(C(O)(c2ccc3c(cnn3-c3ccc(F)cc3)c2)C(F)(F)F)c2ccccc21. The van der Waals surface area contributed by atoms with Crippen molar-refractivity contribution >= 4 is 27.7 Å². The Bertz CT molecular complexity index is 1700. The number of alkyl halides is 3. The maximum Gasteiger partial charge on any atom is 0.425 e. The third kappa shape index (κ3) is 4.14. The summed E-state index contributed by atoms with van der Waals surface area (Å²) in [5.41, 5.74) is -3.03. The number of aliphatic hydroxyl groups is 1. The summed E-state index contributed by atoms with van der Waals surface area (Å²) in [6.07, 6.45) is -2.66. The lowest BCUT2D eigenvalue weighted by molar-refractivity contribution is -0.247. The van der Waals surface area contributed by atoms with E-state index >= 15 is 0 Å². The first-order valence-electron chi connectivity index (χ1n) is 11.4. The first kappa shape index (κ1) is 25.0. The average Bonchev–Trinajstić information content (AvgIpc) is 3.48. The van der Waals surface area contributed by atoms with E-state index in [0.29, 0.717) is 22.1 Å². The van der Waals surface area contributed by atoms with Crippen molar-refractivity contribution < 1.29 is 27.5 Å². The van der Waals surface area contributed by atoms with E-state index in [9.17, 15) is 27.5 Å². The number of halogens is 4. The van der Waals surface area contributed by atoms with Crippen LogP contribution in [0.3, 0.4) is 0 Å². The Hall–Kier alpha value is -4.69. The second kappa shape index (κ2) is 9.32. The van der Waals surface area contributed by atoms with Crippen molar-refractivity contribution in [1.82, 2.24) is 19.7 Å². The monoisotopic (exact) mass is 521 g/mol. The minimum Gasteiger partial charge on any atom is -0.372 e. The lowest BCUT2D eigenvalue weighted by Gasteiger charge is -2.31. The molecule has 0 aliphatic heterocycles.